The smallest absolute Gasteiger partial charge is 0.0310 e. The average Bonchev–Trinajstić information content (AvgIpc) is 1.90. The molecule has 2 heteroatoms. The first-order valence-corrected chi connectivity index (χ1v) is 3.40. The van der Waals surface area contributed by atoms with E-state index in [1.165, 1.54) is 5.56 Å². The highest BCUT2D eigenvalue weighted by atomic mass is 32.1. The number of rotatable bonds is 1. The van der Waals surface area contributed by atoms with E-state index in [9.17, 15) is 0 Å². The fourth-order valence-electron chi connectivity index (χ4n) is 0.623. The summed E-state index contributed by atoms with van der Waals surface area (Å²) in [6, 6.07) is 3.94. The highest BCUT2D eigenvalue weighted by Crippen LogP contribution is 2.15. The van der Waals surface area contributed by atoms with E-state index < -0.39 is 0 Å². The van der Waals surface area contributed by atoms with Crippen LogP contribution in [0.1, 0.15) is 17.7 Å². The van der Waals surface area contributed by atoms with Gasteiger partial charge in [0.05, 0.1) is 0 Å². The number of hydrogen-bond donors (Lipinski definition) is 1. The first-order valence-electron chi connectivity index (χ1n) is 2.88. The Bertz CT molecular complexity index is 172. The molecule has 0 aliphatic heterocycles. The summed E-state index contributed by atoms with van der Waals surface area (Å²) < 4.78 is 0. The molecule has 1 atom stereocenters. The second kappa shape index (κ2) is 2.87. The van der Waals surface area contributed by atoms with Crippen LogP contribution in [-0.4, -0.2) is 4.98 Å². The van der Waals surface area contributed by atoms with E-state index in [-0.39, 0.29) is 0 Å². The third kappa shape index (κ3) is 1.72. The molecule has 0 spiro atoms. The molecule has 0 aliphatic rings. The zero-order valence-electron chi connectivity index (χ0n) is 5.28. The zero-order chi connectivity index (χ0) is 6.69. The number of pyridine rings is 1. The molecule has 1 rings (SSSR count). The van der Waals surface area contributed by atoms with Gasteiger partial charge in [-0.25, -0.2) is 0 Å². The van der Waals surface area contributed by atoms with Gasteiger partial charge in [0, 0.05) is 17.6 Å². The van der Waals surface area contributed by atoms with Crippen LogP contribution in [0.4, 0.5) is 0 Å². The normalized spacial score (nSPS) is 13.1. The van der Waals surface area contributed by atoms with Crippen LogP contribution < -0.4 is 0 Å². The molecule has 0 bridgehead atoms. The first kappa shape index (κ1) is 6.62. The number of aromatic nitrogens is 1. The second-order valence-corrected chi connectivity index (χ2v) is 2.74. The molecule has 48 valence electrons. The Morgan fingerprint density at radius 1 is 1.67 bits per heavy atom. The van der Waals surface area contributed by atoms with E-state index in [0.717, 1.165) is 0 Å². The van der Waals surface area contributed by atoms with Crippen LogP contribution in [0.2, 0.25) is 0 Å². The SMILES string of the molecule is C[C@@H](S)c1cccnc1. The van der Waals surface area contributed by atoms with Crippen molar-refractivity contribution in [3.63, 3.8) is 0 Å². The summed E-state index contributed by atoms with van der Waals surface area (Å²) in [5.74, 6) is 0. The van der Waals surface area contributed by atoms with Crippen LogP contribution in [0.5, 0.6) is 0 Å². The van der Waals surface area contributed by atoms with Crippen molar-refractivity contribution in [3.8, 4) is 0 Å². The molecule has 0 aromatic carbocycles. The van der Waals surface area contributed by atoms with Gasteiger partial charge in [0.2, 0.25) is 0 Å². The van der Waals surface area contributed by atoms with E-state index in [4.69, 9.17) is 0 Å². The summed E-state index contributed by atoms with van der Waals surface area (Å²) in [6.45, 7) is 2.03. The predicted molar refractivity (Wildman–Crippen MR) is 41.6 cm³/mol. The number of hydrogen-bond acceptors (Lipinski definition) is 2. The lowest BCUT2D eigenvalue weighted by atomic mass is 10.2. The largest absolute Gasteiger partial charge is 0.264 e. The monoisotopic (exact) mass is 139 g/mol. The Hall–Kier alpha value is -0.500. The van der Waals surface area contributed by atoms with Crippen molar-refractivity contribution < 1.29 is 0 Å². The first-order chi connectivity index (χ1) is 4.30. The summed E-state index contributed by atoms with van der Waals surface area (Å²) in [5, 5.41) is 0.290. The quantitative estimate of drug-likeness (QED) is 0.588. The molecule has 1 aromatic heterocycles. The molecular formula is C7H9NS. The number of nitrogens with zero attached hydrogens (tertiary/aromatic N) is 1. The van der Waals surface area contributed by atoms with Gasteiger partial charge in [-0.05, 0) is 18.6 Å². The minimum Gasteiger partial charge on any atom is -0.264 e. The van der Waals surface area contributed by atoms with Gasteiger partial charge in [-0.3, -0.25) is 4.98 Å². The van der Waals surface area contributed by atoms with Gasteiger partial charge in [-0.15, -0.1) is 0 Å². The third-order valence-electron chi connectivity index (χ3n) is 1.17. The van der Waals surface area contributed by atoms with E-state index in [1.807, 2.05) is 25.3 Å². The van der Waals surface area contributed by atoms with Gasteiger partial charge in [0.25, 0.3) is 0 Å². The van der Waals surface area contributed by atoms with Crippen molar-refractivity contribution in [1.29, 1.82) is 0 Å². The summed E-state index contributed by atoms with van der Waals surface area (Å²) in [6.07, 6.45) is 3.59. The van der Waals surface area contributed by atoms with E-state index >= 15 is 0 Å². The average molecular weight is 139 g/mol. The fraction of sp³-hybridized carbons (Fsp3) is 0.286. The van der Waals surface area contributed by atoms with Gasteiger partial charge < -0.3 is 0 Å². The molecule has 1 aromatic rings. The molecule has 0 saturated carbocycles. The molecular weight excluding hydrogens is 130 g/mol. The van der Waals surface area contributed by atoms with Crippen LogP contribution >= 0.6 is 12.6 Å². The topological polar surface area (TPSA) is 12.9 Å². The highest BCUT2D eigenvalue weighted by molar-refractivity contribution is 7.80. The van der Waals surface area contributed by atoms with Crippen LogP contribution in [0.25, 0.3) is 0 Å². The summed E-state index contributed by atoms with van der Waals surface area (Å²) in [4.78, 5) is 3.96. The maximum atomic E-state index is 4.25. The second-order valence-electron chi connectivity index (χ2n) is 1.96. The van der Waals surface area contributed by atoms with Crippen molar-refractivity contribution in [2.45, 2.75) is 12.2 Å². The maximum absolute atomic E-state index is 4.25. The molecule has 0 saturated heterocycles. The van der Waals surface area contributed by atoms with E-state index in [0.29, 0.717) is 5.25 Å². The lowest BCUT2D eigenvalue weighted by Crippen LogP contribution is -1.83. The Labute approximate surface area is 60.5 Å². The van der Waals surface area contributed by atoms with Gasteiger partial charge in [0.15, 0.2) is 0 Å². The van der Waals surface area contributed by atoms with Crippen molar-refractivity contribution in [1.82, 2.24) is 4.98 Å². The summed E-state index contributed by atoms with van der Waals surface area (Å²) in [5.41, 5.74) is 1.17. The van der Waals surface area contributed by atoms with E-state index in [2.05, 4.69) is 17.6 Å². The summed E-state index contributed by atoms with van der Waals surface area (Å²) >= 11 is 4.25. The lowest BCUT2D eigenvalue weighted by molar-refractivity contribution is 1.08. The maximum Gasteiger partial charge on any atom is 0.0310 e. The van der Waals surface area contributed by atoms with Gasteiger partial charge in [-0.2, -0.15) is 12.6 Å². The molecule has 0 aliphatic carbocycles. The van der Waals surface area contributed by atoms with Crippen LogP contribution in [0, 0.1) is 0 Å². The molecule has 0 fully saturated rings. The fourth-order valence-corrected chi connectivity index (χ4v) is 0.776. The molecule has 1 nitrogen and oxygen atoms in total. The van der Waals surface area contributed by atoms with E-state index in [1.54, 1.807) is 6.20 Å². The minimum atomic E-state index is 0.290. The van der Waals surface area contributed by atoms with Crippen LogP contribution in [-0.2, 0) is 0 Å². The predicted octanol–water partition coefficient (Wildman–Crippen LogP) is 2.07. The van der Waals surface area contributed by atoms with Crippen molar-refractivity contribution >= 4 is 12.6 Å². The third-order valence-corrected chi connectivity index (χ3v) is 1.46. The molecule has 0 amide bonds. The molecule has 1 heterocycles. The molecule has 0 N–H and O–H groups in total. The van der Waals surface area contributed by atoms with Crippen molar-refractivity contribution in [2.24, 2.45) is 0 Å². The van der Waals surface area contributed by atoms with Gasteiger partial charge >= 0.3 is 0 Å². The number of thiol groups is 1. The van der Waals surface area contributed by atoms with Crippen molar-refractivity contribution in [3.05, 3.63) is 30.1 Å². The highest BCUT2D eigenvalue weighted by Gasteiger charge is 1.95. The molecule has 0 radical (unpaired) electrons. The summed E-state index contributed by atoms with van der Waals surface area (Å²) in [7, 11) is 0. The van der Waals surface area contributed by atoms with Crippen LogP contribution in [0.3, 0.4) is 0 Å². The minimum absolute atomic E-state index is 0.290. The Kier molecular flexibility index (Phi) is 2.11. The zero-order valence-corrected chi connectivity index (χ0v) is 6.18. The Balaban J connectivity index is 2.85. The molecule has 9 heavy (non-hydrogen) atoms. The van der Waals surface area contributed by atoms with Gasteiger partial charge in [0.1, 0.15) is 0 Å². The van der Waals surface area contributed by atoms with Gasteiger partial charge in [-0.1, -0.05) is 6.07 Å². The van der Waals surface area contributed by atoms with Crippen molar-refractivity contribution in [2.75, 3.05) is 0 Å². The lowest BCUT2D eigenvalue weighted by Gasteiger charge is -2.00. The standard InChI is InChI=1S/C7H9NS/c1-6(9)7-3-2-4-8-5-7/h2-6,9H,1H3/t6-/m1/s1. The Morgan fingerprint density at radius 2 is 2.44 bits per heavy atom. The van der Waals surface area contributed by atoms with Crippen LogP contribution in [0.15, 0.2) is 24.5 Å². The Morgan fingerprint density at radius 3 is 2.78 bits per heavy atom. The molecule has 0 unspecified atom stereocenters.